The molecule has 1 atom stereocenters. The molecule has 1 saturated heterocycles. The van der Waals surface area contributed by atoms with Gasteiger partial charge in [-0.3, -0.25) is 4.90 Å². The summed E-state index contributed by atoms with van der Waals surface area (Å²) in [6, 6.07) is 0. The Labute approximate surface area is 81.9 Å². The van der Waals surface area contributed by atoms with Gasteiger partial charge in [-0.05, 0) is 52.5 Å². The fourth-order valence-corrected chi connectivity index (χ4v) is 2.09. The van der Waals surface area contributed by atoms with Crippen molar-refractivity contribution >= 4 is 0 Å². The van der Waals surface area contributed by atoms with Crippen molar-refractivity contribution in [2.45, 2.75) is 45.6 Å². The molecule has 1 aliphatic rings. The lowest BCUT2D eigenvalue weighted by atomic mass is 9.91. The Morgan fingerprint density at radius 3 is 2.62 bits per heavy atom. The van der Waals surface area contributed by atoms with Gasteiger partial charge in [0.2, 0.25) is 0 Å². The van der Waals surface area contributed by atoms with E-state index in [1.807, 2.05) is 0 Å². The molecule has 0 unspecified atom stereocenters. The van der Waals surface area contributed by atoms with E-state index in [0.717, 1.165) is 12.3 Å². The SMILES string of the molecule is CC(C)(C)N1CCC[C@@H](CCO)C1. The first-order valence-electron chi connectivity index (χ1n) is 5.40. The number of nitrogens with zero attached hydrogens (tertiary/aromatic N) is 1. The predicted octanol–water partition coefficient (Wildman–Crippen LogP) is 1.88. The zero-order valence-corrected chi connectivity index (χ0v) is 9.21. The van der Waals surface area contributed by atoms with Crippen LogP contribution in [-0.2, 0) is 0 Å². The number of hydrogen-bond acceptors (Lipinski definition) is 2. The highest BCUT2D eigenvalue weighted by molar-refractivity contribution is 4.82. The molecule has 13 heavy (non-hydrogen) atoms. The molecule has 1 aliphatic heterocycles. The van der Waals surface area contributed by atoms with Crippen LogP contribution in [0.5, 0.6) is 0 Å². The van der Waals surface area contributed by atoms with Gasteiger partial charge in [0, 0.05) is 18.7 Å². The van der Waals surface area contributed by atoms with Crippen molar-refractivity contribution in [1.82, 2.24) is 4.90 Å². The third-order valence-corrected chi connectivity index (χ3v) is 3.01. The Balaban J connectivity index is 2.42. The maximum Gasteiger partial charge on any atom is 0.0434 e. The monoisotopic (exact) mass is 185 g/mol. The fourth-order valence-electron chi connectivity index (χ4n) is 2.09. The van der Waals surface area contributed by atoms with Gasteiger partial charge in [0.15, 0.2) is 0 Å². The maximum absolute atomic E-state index is 8.89. The van der Waals surface area contributed by atoms with E-state index in [2.05, 4.69) is 25.7 Å². The number of aliphatic hydroxyl groups excluding tert-OH is 1. The third kappa shape index (κ3) is 3.28. The summed E-state index contributed by atoms with van der Waals surface area (Å²) in [5.74, 6) is 0.720. The normalized spacial score (nSPS) is 26.3. The first kappa shape index (κ1) is 11.0. The molecule has 0 radical (unpaired) electrons. The second-order valence-corrected chi connectivity index (χ2v) is 5.14. The minimum Gasteiger partial charge on any atom is -0.396 e. The van der Waals surface area contributed by atoms with Crippen molar-refractivity contribution in [2.75, 3.05) is 19.7 Å². The highest BCUT2D eigenvalue weighted by Crippen LogP contribution is 2.25. The molecule has 0 aromatic rings. The van der Waals surface area contributed by atoms with E-state index in [1.54, 1.807) is 0 Å². The molecule has 1 N–H and O–H groups in total. The summed E-state index contributed by atoms with van der Waals surface area (Å²) >= 11 is 0. The van der Waals surface area contributed by atoms with Crippen LogP contribution in [-0.4, -0.2) is 35.2 Å². The minimum atomic E-state index is 0.300. The van der Waals surface area contributed by atoms with Crippen molar-refractivity contribution in [3.05, 3.63) is 0 Å². The topological polar surface area (TPSA) is 23.5 Å². The van der Waals surface area contributed by atoms with E-state index < -0.39 is 0 Å². The minimum absolute atomic E-state index is 0.300. The van der Waals surface area contributed by atoms with Gasteiger partial charge in [-0.25, -0.2) is 0 Å². The van der Waals surface area contributed by atoms with Crippen molar-refractivity contribution in [1.29, 1.82) is 0 Å². The quantitative estimate of drug-likeness (QED) is 0.710. The van der Waals surface area contributed by atoms with E-state index >= 15 is 0 Å². The van der Waals surface area contributed by atoms with E-state index in [4.69, 9.17) is 5.11 Å². The molecule has 78 valence electrons. The Morgan fingerprint density at radius 2 is 2.08 bits per heavy atom. The van der Waals surface area contributed by atoms with Crippen LogP contribution >= 0.6 is 0 Å². The molecular formula is C11H23NO. The Hall–Kier alpha value is -0.0800. The van der Waals surface area contributed by atoms with Crippen molar-refractivity contribution < 1.29 is 5.11 Å². The third-order valence-electron chi connectivity index (χ3n) is 3.01. The average molecular weight is 185 g/mol. The summed E-state index contributed by atoms with van der Waals surface area (Å²) in [6.45, 7) is 9.56. The molecule has 1 fully saturated rings. The molecule has 0 aromatic heterocycles. The van der Waals surface area contributed by atoms with Crippen LogP contribution in [0.1, 0.15) is 40.0 Å². The maximum atomic E-state index is 8.89. The van der Waals surface area contributed by atoms with Crippen LogP contribution in [0.3, 0.4) is 0 Å². The number of hydrogen-bond donors (Lipinski definition) is 1. The standard InChI is InChI=1S/C11H23NO/c1-11(2,3)12-7-4-5-10(9-12)6-8-13/h10,13H,4-9H2,1-3H3/t10-/m0/s1. The van der Waals surface area contributed by atoms with Gasteiger partial charge in [-0.15, -0.1) is 0 Å². The second kappa shape index (κ2) is 4.43. The lowest BCUT2D eigenvalue weighted by Gasteiger charge is -2.41. The summed E-state index contributed by atoms with van der Waals surface area (Å²) in [4.78, 5) is 2.54. The number of rotatable bonds is 2. The summed E-state index contributed by atoms with van der Waals surface area (Å²) in [5.41, 5.74) is 0.300. The molecule has 0 spiro atoms. The molecule has 0 amide bonds. The fraction of sp³-hybridized carbons (Fsp3) is 1.00. The lowest BCUT2D eigenvalue weighted by molar-refractivity contribution is 0.0695. The molecule has 2 nitrogen and oxygen atoms in total. The molecule has 1 rings (SSSR count). The molecular weight excluding hydrogens is 162 g/mol. The van der Waals surface area contributed by atoms with Gasteiger partial charge in [0.25, 0.3) is 0 Å². The van der Waals surface area contributed by atoms with Crippen molar-refractivity contribution in [3.63, 3.8) is 0 Å². The summed E-state index contributed by atoms with van der Waals surface area (Å²) in [6.07, 6.45) is 3.57. The van der Waals surface area contributed by atoms with Crippen LogP contribution in [0.15, 0.2) is 0 Å². The lowest BCUT2D eigenvalue weighted by Crippen LogP contribution is -2.47. The average Bonchev–Trinajstić information content (AvgIpc) is 2.04. The largest absolute Gasteiger partial charge is 0.396 e. The van der Waals surface area contributed by atoms with Gasteiger partial charge >= 0.3 is 0 Å². The molecule has 0 aromatic carbocycles. The van der Waals surface area contributed by atoms with Crippen LogP contribution in [0.25, 0.3) is 0 Å². The van der Waals surface area contributed by atoms with E-state index in [1.165, 1.54) is 25.9 Å². The smallest absolute Gasteiger partial charge is 0.0434 e. The Bertz CT molecular complexity index is 149. The highest BCUT2D eigenvalue weighted by atomic mass is 16.3. The Kier molecular flexibility index (Phi) is 3.74. The van der Waals surface area contributed by atoms with Crippen molar-refractivity contribution in [3.8, 4) is 0 Å². The van der Waals surface area contributed by atoms with Crippen LogP contribution in [0.2, 0.25) is 0 Å². The molecule has 0 saturated carbocycles. The second-order valence-electron chi connectivity index (χ2n) is 5.14. The van der Waals surface area contributed by atoms with Crippen LogP contribution in [0.4, 0.5) is 0 Å². The molecule has 0 bridgehead atoms. The molecule has 0 aliphatic carbocycles. The Morgan fingerprint density at radius 1 is 1.38 bits per heavy atom. The van der Waals surface area contributed by atoms with Crippen LogP contribution in [0, 0.1) is 5.92 Å². The molecule has 2 heteroatoms. The van der Waals surface area contributed by atoms with Gasteiger partial charge in [-0.1, -0.05) is 0 Å². The van der Waals surface area contributed by atoms with E-state index in [-0.39, 0.29) is 0 Å². The first-order valence-corrected chi connectivity index (χ1v) is 5.40. The van der Waals surface area contributed by atoms with Crippen molar-refractivity contribution in [2.24, 2.45) is 5.92 Å². The van der Waals surface area contributed by atoms with Gasteiger partial charge in [0.1, 0.15) is 0 Å². The van der Waals surface area contributed by atoms with E-state index in [0.29, 0.717) is 12.1 Å². The summed E-state index contributed by atoms with van der Waals surface area (Å²) in [7, 11) is 0. The summed E-state index contributed by atoms with van der Waals surface area (Å²) < 4.78 is 0. The first-order chi connectivity index (χ1) is 6.04. The highest BCUT2D eigenvalue weighted by Gasteiger charge is 2.27. The molecule has 1 heterocycles. The van der Waals surface area contributed by atoms with Gasteiger partial charge in [-0.2, -0.15) is 0 Å². The van der Waals surface area contributed by atoms with E-state index in [9.17, 15) is 0 Å². The van der Waals surface area contributed by atoms with Crippen LogP contribution < -0.4 is 0 Å². The number of likely N-dealkylation sites (tertiary alicyclic amines) is 1. The summed E-state index contributed by atoms with van der Waals surface area (Å²) in [5, 5.41) is 8.89. The predicted molar refractivity (Wildman–Crippen MR) is 55.8 cm³/mol. The zero-order valence-electron chi connectivity index (χ0n) is 9.21. The number of piperidine rings is 1. The zero-order chi connectivity index (χ0) is 9.90. The number of aliphatic hydroxyl groups is 1. The van der Waals surface area contributed by atoms with Gasteiger partial charge < -0.3 is 5.11 Å². The van der Waals surface area contributed by atoms with Gasteiger partial charge in [0.05, 0.1) is 0 Å².